The van der Waals surface area contributed by atoms with Crippen LogP contribution in [-0.4, -0.2) is 30.9 Å². The molecule has 142 valence electrons. The number of hydrogen-bond donors (Lipinski definition) is 2. The van der Waals surface area contributed by atoms with Gasteiger partial charge in [-0.3, -0.25) is 9.59 Å². The van der Waals surface area contributed by atoms with Gasteiger partial charge in [0, 0.05) is 16.6 Å². The van der Waals surface area contributed by atoms with Gasteiger partial charge in [0.1, 0.15) is 0 Å². The second-order valence-corrected chi connectivity index (χ2v) is 7.03. The van der Waals surface area contributed by atoms with E-state index in [0.29, 0.717) is 0 Å². The first-order valence-corrected chi connectivity index (χ1v) is 9.26. The molecule has 6 nitrogen and oxygen atoms in total. The molecule has 1 heterocycles. The molecule has 7 heteroatoms. The highest BCUT2D eigenvalue weighted by atomic mass is 32.1. The molecule has 0 bridgehead atoms. The Labute approximate surface area is 162 Å². The molecular formula is C20H22N2O4S. The smallest absolute Gasteiger partial charge is 0.331 e. The van der Waals surface area contributed by atoms with Gasteiger partial charge >= 0.3 is 5.97 Å². The average Bonchev–Trinajstić information content (AvgIpc) is 3.13. The van der Waals surface area contributed by atoms with Crippen molar-refractivity contribution in [2.24, 2.45) is 0 Å². The summed E-state index contributed by atoms with van der Waals surface area (Å²) in [5.41, 5.74) is 3.77. The van der Waals surface area contributed by atoms with E-state index in [-0.39, 0.29) is 12.5 Å². The number of anilines is 1. The van der Waals surface area contributed by atoms with Crippen LogP contribution in [0.3, 0.4) is 0 Å². The van der Waals surface area contributed by atoms with Crippen LogP contribution >= 0.6 is 11.3 Å². The van der Waals surface area contributed by atoms with Crippen LogP contribution in [0.5, 0.6) is 0 Å². The standard InChI is InChI=1S/C20H22N2O4S/c1-13-9-14(2)20(15(3)10-13)22-17(23)11-21-18(24)12-26-19(25)7-6-16-5-4-8-27-16/h4-10H,11-12H2,1-3H3,(H,21,24)(H,22,23)/b7-6+. The van der Waals surface area contributed by atoms with Gasteiger partial charge in [-0.15, -0.1) is 11.3 Å². The topological polar surface area (TPSA) is 84.5 Å². The van der Waals surface area contributed by atoms with E-state index in [1.807, 2.05) is 50.4 Å². The van der Waals surface area contributed by atoms with E-state index in [2.05, 4.69) is 10.6 Å². The van der Waals surface area contributed by atoms with Crippen molar-refractivity contribution in [2.75, 3.05) is 18.5 Å². The first-order valence-electron chi connectivity index (χ1n) is 8.38. The summed E-state index contributed by atoms with van der Waals surface area (Å²) in [6.07, 6.45) is 2.87. The van der Waals surface area contributed by atoms with Crippen LogP contribution in [0.1, 0.15) is 21.6 Å². The van der Waals surface area contributed by atoms with E-state index in [9.17, 15) is 14.4 Å². The fraction of sp³-hybridized carbons (Fsp3) is 0.250. The molecule has 0 fully saturated rings. The molecular weight excluding hydrogens is 364 g/mol. The van der Waals surface area contributed by atoms with Gasteiger partial charge in [0.05, 0.1) is 6.54 Å². The highest BCUT2D eigenvalue weighted by molar-refractivity contribution is 7.10. The van der Waals surface area contributed by atoms with Crippen molar-refractivity contribution in [3.63, 3.8) is 0 Å². The third kappa shape index (κ3) is 6.71. The molecule has 0 aliphatic rings. The first-order chi connectivity index (χ1) is 12.8. The summed E-state index contributed by atoms with van der Waals surface area (Å²) in [4.78, 5) is 36.2. The minimum Gasteiger partial charge on any atom is -0.452 e. The van der Waals surface area contributed by atoms with E-state index in [4.69, 9.17) is 4.74 Å². The SMILES string of the molecule is Cc1cc(C)c(NC(=O)CNC(=O)COC(=O)/C=C/c2cccs2)c(C)c1. The maximum atomic E-state index is 12.0. The maximum absolute atomic E-state index is 12.0. The zero-order valence-corrected chi connectivity index (χ0v) is 16.3. The number of carbonyl (C=O) groups excluding carboxylic acids is 3. The molecule has 2 N–H and O–H groups in total. The van der Waals surface area contributed by atoms with Crippen LogP contribution < -0.4 is 10.6 Å². The molecule has 2 amide bonds. The fourth-order valence-corrected chi connectivity index (χ4v) is 3.13. The number of hydrogen-bond acceptors (Lipinski definition) is 5. The quantitative estimate of drug-likeness (QED) is 0.566. The van der Waals surface area contributed by atoms with Gasteiger partial charge in [-0.05, 0) is 49.4 Å². The Bertz CT molecular complexity index is 834. The average molecular weight is 386 g/mol. The number of rotatable bonds is 7. The number of thiophene rings is 1. The number of carbonyl (C=O) groups is 3. The molecule has 0 aliphatic carbocycles. The van der Waals surface area contributed by atoms with Crippen LogP contribution in [0.25, 0.3) is 6.08 Å². The van der Waals surface area contributed by atoms with Crippen molar-refractivity contribution in [3.05, 3.63) is 57.3 Å². The summed E-state index contributed by atoms with van der Waals surface area (Å²) in [6, 6.07) is 7.68. The Morgan fingerprint density at radius 2 is 1.81 bits per heavy atom. The van der Waals surface area contributed by atoms with Gasteiger partial charge in [-0.1, -0.05) is 23.8 Å². The Hall–Kier alpha value is -2.93. The monoisotopic (exact) mass is 386 g/mol. The number of amides is 2. The third-order valence-electron chi connectivity index (χ3n) is 3.66. The second kappa shape index (κ2) is 9.68. The molecule has 0 unspecified atom stereocenters. The summed E-state index contributed by atoms with van der Waals surface area (Å²) in [6.45, 7) is 5.18. The molecule has 0 aliphatic heterocycles. The zero-order valence-electron chi connectivity index (χ0n) is 15.5. The van der Waals surface area contributed by atoms with Crippen LogP contribution in [-0.2, 0) is 19.1 Å². The molecule has 1 aromatic heterocycles. The Balaban J connectivity index is 1.73. The predicted octanol–water partition coefficient (Wildman–Crippen LogP) is 2.98. The predicted molar refractivity (Wildman–Crippen MR) is 107 cm³/mol. The van der Waals surface area contributed by atoms with Gasteiger partial charge in [0.25, 0.3) is 5.91 Å². The van der Waals surface area contributed by atoms with Crippen molar-refractivity contribution < 1.29 is 19.1 Å². The summed E-state index contributed by atoms with van der Waals surface area (Å²) < 4.78 is 4.84. The van der Waals surface area contributed by atoms with Crippen LogP contribution in [0, 0.1) is 20.8 Å². The minimum atomic E-state index is -0.617. The van der Waals surface area contributed by atoms with E-state index < -0.39 is 18.5 Å². The van der Waals surface area contributed by atoms with Crippen LogP contribution in [0.2, 0.25) is 0 Å². The fourth-order valence-electron chi connectivity index (χ4n) is 2.51. The summed E-state index contributed by atoms with van der Waals surface area (Å²) in [5.74, 6) is -1.50. The van der Waals surface area contributed by atoms with E-state index in [1.165, 1.54) is 17.4 Å². The van der Waals surface area contributed by atoms with Gasteiger partial charge in [-0.25, -0.2) is 4.79 Å². The lowest BCUT2D eigenvalue weighted by atomic mass is 10.1. The maximum Gasteiger partial charge on any atom is 0.331 e. The lowest BCUT2D eigenvalue weighted by Gasteiger charge is -2.13. The number of aryl methyl sites for hydroxylation is 3. The highest BCUT2D eigenvalue weighted by Crippen LogP contribution is 2.21. The largest absolute Gasteiger partial charge is 0.452 e. The number of nitrogens with one attached hydrogen (secondary N) is 2. The number of benzene rings is 1. The van der Waals surface area contributed by atoms with E-state index in [1.54, 1.807) is 6.08 Å². The Morgan fingerprint density at radius 3 is 2.44 bits per heavy atom. The van der Waals surface area contributed by atoms with Gasteiger partial charge in [0.15, 0.2) is 6.61 Å². The normalized spacial score (nSPS) is 10.6. The molecule has 1 aromatic carbocycles. The first kappa shape index (κ1) is 20.4. The van der Waals surface area contributed by atoms with Gasteiger partial charge < -0.3 is 15.4 Å². The molecule has 0 radical (unpaired) electrons. The molecule has 0 spiro atoms. The molecule has 0 saturated heterocycles. The van der Waals surface area contributed by atoms with Crippen molar-refractivity contribution in [1.82, 2.24) is 5.32 Å². The molecule has 2 aromatic rings. The molecule has 0 atom stereocenters. The van der Waals surface area contributed by atoms with Crippen LogP contribution in [0.15, 0.2) is 35.7 Å². The number of esters is 1. The van der Waals surface area contributed by atoms with E-state index in [0.717, 1.165) is 27.3 Å². The Kier molecular flexibility index (Phi) is 7.31. The lowest BCUT2D eigenvalue weighted by molar-refractivity contribution is -0.143. The van der Waals surface area contributed by atoms with Crippen molar-refractivity contribution >= 4 is 40.9 Å². The third-order valence-corrected chi connectivity index (χ3v) is 4.50. The van der Waals surface area contributed by atoms with Gasteiger partial charge in [0.2, 0.25) is 5.91 Å². The molecule has 0 saturated carbocycles. The van der Waals surface area contributed by atoms with Crippen molar-refractivity contribution in [1.29, 1.82) is 0 Å². The highest BCUT2D eigenvalue weighted by Gasteiger charge is 2.11. The van der Waals surface area contributed by atoms with E-state index >= 15 is 0 Å². The second-order valence-electron chi connectivity index (χ2n) is 6.06. The molecule has 2 rings (SSSR count). The summed E-state index contributed by atoms with van der Waals surface area (Å²) >= 11 is 1.49. The number of ether oxygens (including phenoxy) is 1. The Morgan fingerprint density at radius 1 is 1.11 bits per heavy atom. The molecule has 27 heavy (non-hydrogen) atoms. The van der Waals surface area contributed by atoms with Crippen molar-refractivity contribution in [3.8, 4) is 0 Å². The minimum absolute atomic E-state index is 0.200. The summed E-state index contributed by atoms with van der Waals surface area (Å²) in [7, 11) is 0. The lowest BCUT2D eigenvalue weighted by Crippen LogP contribution is -2.35. The zero-order chi connectivity index (χ0) is 19.8. The van der Waals surface area contributed by atoms with Crippen molar-refractivity contribution in [2.45, 2.75) is 20.8 Å². The van der Waals surface area contributed by atoms with Gasteiger partial charge in [-0.2, -0.15) is 0 Å². The van der Waals surface area contributed by atoms with Crippen LogP contribution in [0.4, 0.5) is 5.69 Å². The summed E-state index contributed by atoms with van der Waals surface area (Å²) in [5, 5.41) is 7.11.